The molecule has 7 nitrogen and oxygen atoms in total. The van der Waals surface area contributed by atoms with Crippen molar-refractivity contribution in [3.8, 4) is 5.75 Å². The van der Waals surface area contributed by atoms with Gasteiger partial charge in [-0.2, -0.15) is 0 Å². The Hall–Kier alpha value is -4.01. The van der Waals surface area contributed by atoms with Crippen LogP contribution in [0, 0.1) is 5.82 Å². The summed E-state index contributed by atoms with van der Waals surface area (Å²) in [4.78, 5) is 29.9. The Labute approximate surface area is 208 Å². The van der Waals surface area contributed by atoms with Gasteiger partial charge in [-0.1, -0.05) is 36.4 Å². The minimum atomic E-state index is -0.414. The van der Waals surface area contributed by atoms with E-state index in [1.54, 1.807) is 72.8 Å². The molecule has 3 aromatic rings. The number of hydrogen-bond donors (Lipinski definition) is 2. The second-order valence-corrected chi connectivity index (χ2v) is 8.20. The first-order valence-corrected chi connectivity index (χ1v) is 11.7. The fourth-order valence-electron chi connectivity index (χ4n) is 3.52. The maximum absolute atomic E-state index is 13.8. The van der Waals surface area contributed by atoms with E-state index in [-0.39, 0.29) is 24.2 Å². The van der Waals surface area contributed by atoms with Crippen molar-refractivity contribution >= 4 is 23.6 Å². The smallest absolute Gasteiger partial charge is 0.274 e. The minimum absolute atomic E-state index is 0.0818. The van der Waals surface area contributed by atoms with Gasteiger partial charge in [0.15, 0.2) is 6.29 Å². The molecule has 3 aromatic carbocycles. The molecule has 0 bridgehead atoms. The summed E-state index contributed by atoms with van der Waals surface area (Å²) in [6.07, 6.45) is 5.37. The number of ether oxygens (including phenoxy) is 2. The lowest BCUT2D eigenvalue weighted by Crippen LogP contribution is -2.33. The van der Waals surface area contributed by atoms with E-state index in [1.165, 1.54) is 12.1 Å². The number of benzene rings is 3. The molecule has 2 N–H and O–H groups in total. The number of amides is 2. The number of rotatable bonds is 9. The number of hydroxylamine groups is 1. The van der Waals surface area contributed by atoms with Crippen LogP contribution >= 0.6 is 0 Å². The van der Waals surface area contributed by atoms with E-state index in [4.69, 9.17) is 14.3 Å². The molecule has 0 spiro atoms. The Kier molecular flexibility index (Phi) is 8.80. The summed E-state index contributed by atoms with van der Waals surface area (Å²) in [6, 6.07) is 20.0. The third-order valence-electron chi connectivity index (χ3n) is 5.47. The number of halogens is 1. The molecule has 0 aromatic heterocycles. The number of anilines is 1. The molecule has 1 fully saturated rings. The summed E-state index contributed by atoms with van der Waals surface area (Å²) < 4.78 is 24.8. The third kappa shape index (κ3) is 7.49. The normalized spacial score (nSPS) is 15.4. The van der Waals surface area contributed by atoms with Crippen LogP contribution in [-0.2, 0) is 21.0 Å². The van der Waals surface area contributed by atoms with E-state index >= 15 is 0 Å². The average Bonchev–Trinajstić information content (AvgIpc) is 2.91. The predicted octanol–water partition coefficient (Wildman–Crippen LogP) is 5.24. The van der Waals surface area contributed by atoms with Gasteiger partial charge in [0.25, 0.3) is 5.91 Å². The molecule has 1 heterocycles. The van der Waals surface area contributed by atoms with Gasteiger partial charge < -0.3 is 14.8 Å². The van der Waals surface area contributed by atoms with E-state index in [2.05, 4.69) is 10.8 Å². The maximum atomic E-state index is 13.8. The molecule has 1 aliphatic rings. The quantitative estimate of drug-likeness (QED) is 0.316. The maximum Gasteiger partial charge on any atom is 0.274 e. The van der Waals surface area contributed by atoms with Crippen LogP contribution in [-0.4, -0.2) is 24.7 Å². The lowest BCUT2D eigenvalue weighted by atomic mass is 10.1. The standard InChI is InChI=1S/C28H27FN2O5/c29-25-9-2-1-6-22(25)19-35-24-8-5-7-23(18-24)30-26(32)16-13-20-11-14-21(15-12-20)28(33)31-36-27-10-3-4-17-34-27/h1-2,5-9,11-16,18,27H,3-4,10,17,19H2,(H,30,32)(H,31,33)/b16-13+. The van der Waals surface area contributed by atoms with E-state index in [0.29, 0.717) is 29.2 Å². The molecule has 1 atom stereocenters. The molecule has 8 heteroatoms. The SMILES string of the molecule is O=C(/C=C/c1ccc(C(=O)NOC2CCCCO2)cc1)Nc1cccc(OCc2ccccc2F)c1. The summed E-state index contributed by atoms with van der Waals surface area (Å²) in [5.74, 6) is -0.519. The van der Waals surface area contributed by atoms with Crippen LogP contribution in [0.1, 0.15) is 40.7 Å². The van der Waals surface area contributed by atoms with Gasteiger partial charge in [0, 0.05) is 42.0 Å². The van der Waals surface area contributed by atoms with Gasteiger partial charge >= 0.3 is 0 Å². The monoisotopic (exact) mass is 490 g/mol. The van der Waals surface area contributed by atoms with Gasteiger partial charge in [-0.25, -0.2) is 14.7 Å². The minimum Gasteiger partial charge on any atom is -0.489 e. The Morgan fingerprint density at radius 2 is 1.86 bits per heavy atom. The number of carbonyl (C=O) groups excluding carboxylic acids is 2. The van der Waals surface area contributed by atoms with Crippen LogP contribution in [0.25, 0.3) is 6.08 Å². The van der Waals surface area contributed by atoms with E-state index in [0.717, 1.165) is 24.8 Å². The largest absolute Gasteiger partial charge is 0.489 e. The topological polar surface area (TPSA) is 85.9 Å². The lowest BCUT2D eigenvalue weighted by Gasteiger charge is -2.22. The van der Waals surface area contributed by atoms with Crippen LogP contribution in [0.5, 0.6) is 5.75 Å². The van der Waals surface area contributed by atoms with E-state index < -0.39 is 6.29 Å². The zero-order valence-corrected chi connectivity index (χ0v) is 19.6. The highest BCUT2D eigenvalue weighted by Crippen LogP contribution is 2.20. The van der Waals surface area contributed by atoms with Crippen molar-refractivity contribution in [1.82, 2.24) is 5.48 Å². The van der Waals surface area contributed by atoms with Crippen LogP contribution in [0.4, 0.5) is 10.1 Å². The molecule has 36 heavy (non-hydrogen) atoms. The Balaban J connectivity index is 1.25. The Morgan fingerprint density at radius 3 is 2.64 bits per heavy atom. The highest BCUT2D eigenvalue weighted by molar-refractivity contribution is 6.02. The van der Waals surface area contributed by atoms with Gasteiger partial charge in [0.05, 0.1) is 0 Å². The molecule has 0 saturated carbocycles. The Bertz CT molecular complexity index is 1210. The zero-order chi connectivity index (χ0) is 25.2. The summed E-state index contributed by atoms with van der Waals surface area (Å²) in [5.41, 5.74) is 4.59. The molecule has 0 radical (unpaired) electrons. The van der Waals surface area contributed by atoms with E-state index in [9.17, 15) is 14.0 Å². The Morgan fingerprint density at radius 1 is 1.03 bits per heavy atom. The summed E-state index contributed by atoms with van der Waals surface area (Å²) >= 11 is 0. The second-order valence-electron chi connectivity index (χ2n) is 8.20. The molecule has 1 aliphatic heterocycles. The van der Waals surface area contributed by atoms with Crippen molar-refractivity contribution in [2.45, 2.75) is 32.2 Å². The van der Waals surface area contributed by atoms with Gasteiger partial charge in [-0.05, 0) is 54.8 Å². The fraction of sp³-hybridized carbons (Fsp3) is 0.214. The van der Waals surface area contributed by atoms with Crippen LogP contribution in [0.2, 0.25) is 0 Å². The van der Waals surface area contributed by atoms with Crippen molar-refractivity contribution in [1.29, 1.82) is 0 Å². The highest BCUT2D eigenvalue weighted by atomic mass is 19.1. The first kappa shape index (κ1) is 25.1. The zero-order valence-electron chi connectivity index (χ0n) is 19.6. The van der Waals surface area contributed by atoms with Crippen molar-refractivity contribution in [2.24, 2.45) is 0 Å². The predicted molar refractivity (Wildman–Crippen MR) is 133 cm³/mol. The summed E-state index contributed by atoms with van der Waals surface area (Å²) in [7, 11) is 0. The van der Waals surface area contributed by atoms with Crippen molar-refractivity contribution < 1.29 is 28.3 Å². The molecule has 1 unspecified atom stereocenters. The number of carbonyl (C=O) groups is 2. The number of hydrogen-bond acceptors (Lipinski definition) is 5. The first-order chi connectivity index (χ1) is 17.6. The van der Waals surface area contributed by atoms with Crippen LogP contribution < -0.4 is 15.5 Å². The lowest BCUT2D eigenvalue weighted by molar-refractivity contribution is -0.186. The van der Waals surface area contributed by atoms with Gasteiger partial charge in [0.2, 0.25) is 5.91 Å². The van der Waals surface area contributed by atoms with Crippen molar-refractivity contribution in [3.05, 3.63) is 101 Å². The van der Waals surface area contributed by atoms with Gasteiger partial charge in [-0.3, -0.25) is 9.59 Å². The molecule has 1 saturated heterocycles. The third-order valence-corrected chi connectivity index (χ3v) is 5.47. The van der Waals surface area contributed by atoms with E-state index in [1.807, 2.05) is 0 Å². The fourth-order valence-corrected chi connectivity index (χ4v) is 3.52. The number of nitrogens with one attached hydrogen (secondary N) is 2. The molecular formula is C28H27FN2O5. The average molecular weight is 491 g/mol. The van der Waals surface area contributed by atoms with Crippen LogP contribution in [0.15, 0.2) is 78.9 Å². The van der Waals surface area contributed by atoms with Crippen molar-refractivity contribution in [2.75, 3.05) is 11.9 Å². The molecule has 0 aliphatic carbocycles. The molecular weight excluding hydrogens is 463 g/mol. The second kappa shape index (κ2) is 12.6. The van der Waals surface area contributed by atoms with Crippen molar-refractivity contribution in [3.63, 3.8) is 0 Å². The summed E-state index contributed by atoms with van der Waals surface area (Å²) in [5, 5.41) is 2.77. The summed E-state index contributed by atoms with van der Waals surface area (Å²) in [6.45, 7) is 0.711. The highest BCUT2D eigenvalue weighted by Gasteiger charge is 2.16. The molecule has 2 amide bonds. The van der Waals surface area contributed by atoms with Gasteiger partial charge in [0.1, 0.15) is 18.2 Å². The molecule has 186 valence electrons. The molecule has 4 rings (SSSR count). The first-order valence-electron chi connectivity index (χ1n) is 11.7. The van der Waals surface area contributed by atoms with Gasteiger partial charge in [-0.15, -0.1) is 0 Å². The van der Waals surface area contributed by atoms with Crippen LogP contribution in [0.3, 0.4) is 0 Å².